The van der Waals surface area contributed by atoms with Crippen LogP contribution in [-0.2, 0) is 14.3 Å². The van der Waals surface area contributed by atoms with E-state index in [9.17, 15) is 14.7 Å². The molecule has 1 heterocycles. The predicted molar refractivity (Wildman–Crippen MR) is 123 cm³/mol. The number of ether oxygens (including phenoxy) is 3. The van der Waals surface area contributed by atoms with Crippen molar-refractivity contribution in [3.8, 4) is 17.2 Å². The number of nitrogens with zero attached hydrogens (tertiary/aromatic N) is 1. The topological polar surface area (TPSA) is 94.4 Å². The van der Waals surface area contributed by atoms with Crippen LogP contribution in [0.25, 0.3) is 0 Å². The summed E-state index contributed by atoms with van der Waals surface area (Å²) in [5.41, 5.74) is 3.44. The minimum absolute atomic E-state index is 0.0606. The molecule has 2 aliphatic rings. The minimum Gasteiger partial charge on any atom is -0.508 e. The molecule has 0 radical (unpaired) electrons. The van der Waals surface area contributed by atoms with Crippen LogP contribution in [0.3, 0.4) is 0 Å². The van der Waals surface area contributed by atoms with Crippen molar-refractivity contribution in [2.75, 3.05) is 21.3 Å². The molecule has 0 spiro atoms. The largest absolute Gasteiger partial charge is 0.508 e. The van der Waals surface area contributed by atoms with Crippen LogP contribution < -0.4 is 9.47 Å². The fraction of sp³-hybridized carbons (Fsp3) is 0.346. The highest BCUT2D eigenvalue weighted by Gasteiger charge is 2.44. The number of Topliss-reactive ketones (excluding diaryl/α,β-unsaturated/α-hetero) is 1. The first-order valence-electron chi connectivity index (χ1n) is 10.8. The molecule has 0 aromatic heterocycles. The highest BCUT2D eigenvalue weighted by Crippen LogP contribution is 2.47. The lowest BCUT2D eigenvalue weighted by Gasteiger charge is -2.36. The predicted octanol–water partition coefficient (Wildman–Crippen LogP) is 4.16. The molecule has 172 valence electrons. The van der Waals surface area contributed by atoms with Gasteiger partial charge in [0.1, 0.15) is 11.7 Å². The van der Waals surface area contributed by atoms with E-state index >= 15 is 0 Å². The molecule has 1 aliphatic carbocycles. The average molecular weight is 450 g/mol. The summed E-state index contributed by atoms with van der Waals surface area (Å²) in [5.74, 6) is -0.570. The molecule has 0 fully saturated rings. The lowest BCUT2D eigenvalue weighted by molar-refractivity contribution is -0.143. The number of carbonyl (C=O) groups is 2. The van der Waals surface area contributed by atoms with Crippen LogP contribution in [0.1, 0.15) is 42.7 Å². The third kappa shape index (κ3) is 4.11. The number of rotatable bonds is 5. The van der Waals surface area contributed by atoms with Gasteiger partial charge in [-0.3, -0.25) is 14.6 Å². The van der Waals surface area contributed by atoms with E-state index in [1.807, 2.05) is 24.3 Å². The first kappa shape index (κ1) is 22.6. The number of methoxy groups -OCH3 is 3. The van der Waals surface area contributed by atoms with Crippen LogP contribution in [0.2, 0.25) is 0 Å². The Morgan fingerprint density at radius 1 is 1.00 bits per heavy atom. The second kappa shape index (κ2) is 9.10. The molecule has 1 aliphatic heterocycles. The number of ketones is 1. The molecule has 1 N–H and O–H groups in total. The molecule has 1 unspecified atom stereocenters. The van der Waals surface area contributed by atoms with Crippen molar-refractivity contribution >= 4 is 17.5 Å². The molecule has 7 heteroatoms. The van der Waals surface area contributed by atoms with Gasteiger partial charge in [0, 0.05) is 29.3 Å². The second-order valence-corrected chi connectivity index (χ2v) is 8.33. The number of phenols is 1. The number of hydrogen-bond acceptors (Lipinski definition) is 7. The maximum Gasteiger partial charge on any atom is 0.315 e. The SMILES string of the molecule is COC(=O)C1C(C)=NC2=C(C(=O)C[C@@H](c3ccc(OC)c(OC)c3)C2)[C@@H]1c1cccc(O)c1. The Kier molecular flexibility index (Phi) is 6.22. The zero-order chi connectivity index (χ0) is 23.7. The summed E-state index contributed by atoms with van der Waals surface area (Å²) >= 11 is 0. The maximum atomic E-state index is 13.5. The number of esters is 1. The highest BCUT2D eigenvalue weighted by atomic mass is 16.5. The van der Waals surface area contributed by atoms with Gasteiger partial charge in [-0.15, -0.1) is 0 Å². The Balaban J connectivity index is 1.79. The quantitative estimate of drug-likeness (QED) is 0.689. The van der Waals surface area contributed by atoms with E-state index in [0.717, 1.165) is 5.56 Å². The summed E-state index contributed by atoms with van der Waals surface area (Å²) in [5, 5.41) is 10.1. The van der Waals surface area contributed by atoms with Gasteiger partial charge in [0.2, 0.25) is 0 Å². The fourth-order valence-corrected chi connectivity index (χ4v) is 4.91. The normalized spacial score (nSPS) is 22.4. The number of hydrogen-bond donors (Lipinski definition) is 1. The van der Waals surface area contributed by atoms with Gasteiger partial charge >= 0.3 is 5.97 Å². The molecule has 3 atom stereocenters. The average Bonchev–Trinajstić information content (AvgIpc) is 2.82. The Morgan fingerprint density at radius 2 is 1.76 bits per heavy atom. The van der Waals surface area contributed by atoms with Gasteiger partial charge in [-0.05, 0) is 54.7 Å². The Labute approximate surface area is 192 Å². The lowest BCUT2D eigenvalue weighted by Crippen LogP contribution is -2.37. The molecule has 4 rings (SSSR count). The van der Waals surface area contributed by atoms with Crippen molar-refractivity contribution in [3.63, 3.8) is 0 Å². The number of carbonyl (C=O) groups excluding carboxylic acids is 2. The highest BCUT2D eigenvalue weighted by molar-refractivity contribution is 6.09. The first-order valence-corrected chi connectivity index (χ1v) is 10.8. The number of aliphatic imine (C=N–C) groups is 1. The second-order valence-electron chi connectivity index (χ2n) is 8.33. The van der Waals surface area contributed by atoms with Crippen molar-refractivity contribution in [1.82, 2.24) is 0 Å². The number of allylic oxidation sites excluding steroid dienone is 2. The molecular formula is C26H27NO6. The van der Waals surface area contributed by atoms with Crippen LogP contribution in [0.5, 0.6) is 17.2 Å². The van der Waals surface area contributed by atoms with Crippen LogP contribution in [-0.4, -0.2) is 43.9 Å². The third-order valence-corrected chi connectivity index (χ3v) is 6.45. The molecule has 0 amide bonds. The fourth-order valence-electron chi connectivity index (χ4n) is 4.91. The summed E-state index contributed by atoms with van der Waals surface area (Å²) in [4.78, 5) is 31.0. The van der Waals surface area contributed by atoms with Gasteiger partial charge < -0.3 is 19.3 Å². The smallest absolute Gasteiger partial charge is 0.315 e. The van der Waals surface area contributed by atoms with Crippen LogP contribution in [0.15, 0.2) is 58.7 Å². The summed E-state index contributed by atoms with van der Waals surface area (Å²) in [7, 11) is 4.49. The zero-order valence-electron chi connectivity index (χ0n) is 19.1. The molecule has 2 aromatic rings. The van der Waals surface area contributed by atoms with E-state index < -0.39 is 17.8 Å². The summed E-state index contributed by atoms with van der Waals surface area (Å²) in [6.07, 6.45) is 0.837. The van der Waals surface area contributed by atoms with Crippen LogP contribution >= 0.6 is 0 Å². The first-order chi connectivity index (χ1) is 15.9. The van der Waals surface area contributed by atoms with Gasteiger partial charge in [0.15, 0.2) is 17.3 Å². The number of benzene rings is 2. The summed E-state index contributed by atoms with van der Waals surface area (Å²) in [6.45, 7) is 1.78. The van der Waals surface area contributed by atoms with Crippen LogP contribution in [0, 0.1) is 5.92 Å². The summed E-state index contributed by atoms with van der Waals surface area (Å²) < 4.78 is 15.8. The molecule has 2 aromatic carbocycles. The molecule has 0 bridgehead atoms. The molecule has 33 heavy (non-hydrogen) atoms. The van der Waals surface area contributed by atoms with Gasteiger partial charge in [-0.2, -0.15) is 0 Å². The van der Waals surface area contributed by atoms with E-state index in [2.05, 4.69) is 0 Å². The van der Waals surface area contributed by atoms with E-state index in [4.69, 9.17) is 19.2 Å². The maximum absolute atomic E-state index is 13.5. The van der Waals surface area contributed by atoms with E-state index in [1.54, 1.807) is 39.3 Å². The van der Waals surface area contributed by atoms with Crippen molar-refractivity contribution in [2.45, 2.75) is 31.6 Å². The molecular weight excluding hydrogens is 422 g/mol. The van der Waals surface area contributed by atoms with Gasteiger partial charge in [0.25, 0.3) is 0 Å². The van der Waals surface area contributed by atoms with Crippen LogP contribution in [0.4, 0.5) is 0 Å². The number of phenolic OH excluding ortho intramolecular Hbond substituents is 1. The molecule has 0 saturated heterocycles. The lowest BCUT2D eigenvalue weighted by atomic mass is 9.69. The Morgan fingerprint density at radius 3 is 2.42 bits per heavy atom. The van der Waals surface area contributed by atoms with E-state index in [-0.39, 0.29) is 23.9 Å². The molecule has 0 saturated carbocycles. The van der Waals surface area contributed by atoms with Crippen molar-refractivity contribution in [2.24, 2.45) is 10.9 Å². The van der Waals surface area contributed by atoms with Crippen molar-refractivity contribution < 1.29 is 28.9 Å². The minimum atomic E-state index is -0.725. The zero-order valence-corrected chi connectivity index (χ0v) is 19.1. The monoisotopic (exact) mass is 449 g/mol. The Bertz CT molecular complexity index is 1170. The molecule has 7 nitrogen and oxygen atoms in total. The van der Waals surface area contributed by atoms with E-state index in [1.165, 1.54) is 7.11 Å². The van der Waals surface area contributed by atoms with E-state index in [0.29, 0.717) is 40.5 Å². The van der Waals surface area contributed by atoms with Gasteiger partial charge in [-0.25, -0.2) is 0 Å². The summed E-state index contributed by atoms with van der Waals surface area (Å²) in [6, 6.07) is 12.3. The van der Waals surface area contributed by atoms with Crippen molar-refractivity contribution in [3.05, 3.63) is 64.9 Å². The van der Waals surface area contributed by atoms with Crippen molar-refractivity contribution in [1.29, 1.82) is 0 Å². The van der Waals surface area contributed by atoms with Gasteiger partial charge in [0.05, 0.1) is 21.3 Å². The number of aromatic hydroxyl groups is 1. The third-order valence-electron chi connectivity index (χ3n) is 6.45. The standard InChI is InChI=1S/C26H27NO6/c1-14-23(26(30)33-4)24(16-6-5-7-18(28)10-16)25-19(27-14)11-17(12-20(25)29)15-8-9-21(31-2)22(13-15)32-3/h5-10,13,17,23-24,28H,11-12H2,1-4H3/t17-,23?,24+/m0/s1. The van der Waals surface area contributed by atoms with Gasteiger partial charge in [-0.1, -0.05) is 18.2 Å². The Hall–Kier alpha value is -3.61.